The van der Waals surface area contributed by atoms with Gasteiger partial charge >= 0.3 is 5.97 Å². The van der Waals surface area contributed by atoms with Crippen molar-refractivity contribution in [1.82, 2.24) is 0 Å². The second-order valence-electron chi connectivity index (χ2n) is 8.40. The van der Waals surface area contributed by atoms with Gasteiger partial charge in [0, 0.05) is 11.6 Å². The van der Waals surface area contributed by atoms with Crippen LogP contribution in [0.15, 0.2) is 42.5 Å². The summed E-state index contributed by atoms with van der Waals surface area (Å²) in [6.07, 6.45) is 0.806. The van der Waals surface area contributed by atoms with E-state index in [1.54, 1.807) is 0 Å². The molecule has 0 spiro atoms. The number of ether oxygens (including phenoxy) is 2. The number of nitrogens with one attached hydrogen (secondary N) is 1. The summed E-state index contributed by atoms with van der Waals surface area (Å²) in [6, 6.07) is 13.4. The van der Waals surface area contributed by atoms with Gasteiger partial charge in [0.25, 0.3) is 0 Å². The van der Waals surface area contributed by atoms with E-state index in [4.69, 9.17) is 9.47 Å². The highest BCUT2D eigenvalue weighted by atomic mass is 79.9. The molecule has 5 rings (SSSR count). The summed E-state index contributed by atoms with van der Waals surface area (Å²) >= 11 is 3.65. The van der Waals surface area contributed by atoms with Gasteiger partial charge in [-0.15, -0.1) is 0 Å². The van der Waals surface area contributed by atoms with Gasteiger partial charge in [-0.25, -0.2) is 0 Å². The van der Waals surface area contributed by atoms with Gasteiger partial charge in [0.1, 0.15) is 17.6 Å². The summed E-state index contributed by atoms with van der Waals surface area (Å²) in [6.45, 7) is 4.07. The maximum atomic E-state index is 13.0. The minimum atomic E-state index is -0.332. The van der Waals surface area contributed by atoms with Crippen LogP contribution in [-0.2, 0) is 14.3 Å². The first kappa shape index (κ1) is 18.7. The molecule has 1 N–H and O–H groups in total. The Hall–Kier alpha value is -2.34. The second-order valence-corrected chi connectivity index (χ2v) is 9.46. The van der Waals surface area contributed by atoms with Crippen LogP contribution >= 0.6 is 15.9 Å². The van der Waals surface area contributed by atoms with E-state index in [2.05, 4.69) is 27.3 Å². The third-order valence-electron chi connectivity index (χ3n) is 6.38. The molecular formula is C23H22BrNO4. The van der Waals surface area contributed by atoms with Gasteiger partial charge in [0.2, 0.25) is 5.91 Å². The summed E-state index contributed by atoms with van der Waals surface area (Å²) in [7, 11) is 0. The number of benzene rings is 2. The van der Waals surface area contributed by atoms with Crippen LogP contribution < -0.4 is 10.1 Å². The molecule has 6 atom stereocenters. The average molecular weight is 456 g/mol. The molecule has 2 aromatic carbocycles. The third kappa shape index (κ3) is 3.14. The lowest BCUT2D eigenvalue weighted by molar-refractivity contribution is -0.145. The number of amides is 1. The van der Waals surface area contributed by atoms with E-state index in [-0.39, 0.29) is 46.5 Å². The van der Waals surface area contributed by atoms with Crippen LogP contribution in [0, 0.1) is 37.5 Å². The quantitative estimate of drug-likeness (QED) is 0.540. The van der Waals surface area contributed by atoms with Crippen molar-refractivity contribution in [3.63, 3.8) is 0 Å². The van der Waals surface area contributed by atoms with Gasteiger partial charge in [-0.1, -0.05) is 22.0 Å². The molecule has 1 amide bonds. The molecule has 1 saturated heterocycles. The molecule has 3 aliphatic rings. The van der Waals surface area contributed by atoms with Gasteiger partial charge in [0.05, 0.1) is 16.7 Å². The number of anilines is 1. The Kier molecular flexibility index (Phi) is 4.42. The number of hydrogen-bond acceptors (Lipinski definition) is 4. The summed E-state index contributed by atoms with van der Waals surface area (Å²) in [5.41, 5.74) is 2.99. The van der Waals surface area contributed by atoms with Gasteiger partial charge in [-0.3, -0.25) is 9.59 Å². The highest BCUT2D eigenvalue weighted by molar-refractivity contribution is 9.09. The van der Waals surface area contributed by atoms with E-state index in [0.717, 1.165) is 23.3 Å². The van der Waals surface area contributed by atoms with Crippen molar-refractivity contribution in [2.45, 2.75) is 31.2 Å². The SMILES string of the molecule is Cc1cc(C)cc(Oc2ccc(NC(=O)[C@@H]3[C@@H]4C[C@H]5[C@H](OC(=O)[C@@H]53)[C@@H]4Br)cc2)c1. The fourth-order valence-electron chi connectivity index (χ4n) is 5.29. The molecule has 2 aliphatic carbocycles. The lowest BCUT2D eigenvalue weighted by atomic mass is 9.79. The Morgan fingerprint density at radius 1 is 1.07 bits per heavy atom. The van der Waals surface area contributed by atoms with E-state index < -0.39 is 0 Å². The van der Waals surface area contributed by atoms with Crippen molar-refractivity contribution in [1.29, 1.82) is 0 Å². The molecule has 2 aromatic rings. The largest absolute Gasteiger partial charge is 0.461 e. The van der Waals surface area contributed by atoms with Crippen LogP contribution in [-0.4, -0.2) is 22.8 Å². The predicted octanol–water partition coefficient (Wildman–Crippen LogP) is 4.61. The highest BCUT2D eigenvalue weighted by Gasteiger charge is 2.67. The zero-order valence-corrected chi connectivity index (χ0v) is 17.8. The van der Waals surface area contributed by atoms with Crippen LogP contribution in [0.1, 0.15) is 17.5 Å². The number of hydrogen-bond donors (Lipinski definition) is 1. The minimum absolute atomic E-state index is 0.0664. The molecule has 150 valence electrons. The van der Waals surface area contributed by atoms with Gasteiger partial charge in [0.15, 0.2) is 0 Å². The number of carbonyl (C=O) groups is 2. The van der Waals surface area contributed by atoms with Crippen LogP contribution in [0.3, 0.4) is 0 Å². The fourth-order valence-corrected chi connectivity index (χ4v) is 6.33. The minimum Gasteiger partial charge on any atom is -0.461 e. The van der Waals surface area contributed by atoms with E-state index in [9.17, 15) is 9.59 Å². The lowest BCUT2D eigenvalue weighted by Gasteiger charge is -2.27. The van der Waals surface area contributed by atoms with Crippen LogP contribution in [0.5, 0.6) is 11.5 Å². The average Bonchev–Trinajstić information content (AvgIpc) is 3.27. The number of fused-ring (bicyclic) bond motifs is 1. The Morgan fingerprint density at radius 3 is 2.45 bits per heavy atom. The Bertz CT molecular complexity index is 969. The lowest BCUT2D eigenvalue weighted by Crippen LogP contribution is -2.40. The van der Waals surface area contributed by atoms with Gasteiger partial charge < -0.3 is 14.8 Å². The van der Waals surface area contributed by atoms with E-state index in [0.29, 0.717) is 11.4 Å². The normalized spacial score (nSPS) is 31.6. The van der Waals surface area contributed by atoms with Crippen molar-refractivity contribution in [2.24, 2.45) is 23.7 Å². The Balaban J connectivity index is 1.28. The molecule has 1 heterocycles. The van der Waals surface area contributed by atoms with Crippen molar-refractivity contribution in [2.75, 3.05) is 5.32 Å². The maximum Gasteiger partial charge on any atom is 0.310 e. The monoisotopic (exact) mass is 455 g/mol. The zero-order chi connectivity index (χ0) is 20.3. The summed E-state index contributed by atoms with van der Waals surface area (Å²) in [5.74, 6) is 0.853. The number of alkyl halides is 1. The van der Waals surface area contributed by atoms with E-state index >= 15 is 0 Å². The van der Waals surface area contributed by atoms with Crippen molar-refractivity contribution in [3.05, 3.63) is 53.6 Å². The molecule has 5 nitrogen and oxygen atoms in total. The fraction of sp³-hybridized carbons (Fsp3) is 0.391. The van der Waals surface area contributed by atoms with Crippen molar-refractivity contribution < 1.29 is 19.1 Å². The van der Waals surface area contributed by atoms with Crippen LogP contribution in [0.4, 0.5) is 5.69 Å². The van der Waals surface area contributed by atoms with Crippen molar-refractivity contribution >= 4 is 33.5 Å². The standard InChI is InChI=1S/C23H22BrNO4/c1-11-7-12(2)9-15(8-11)28-14-5-3-13(4-6-14)25-22(26)18-16-10-17-19(18)23(27)29-21(17)20(16)24/h3-9,16-21H,10H2,1-2H3,(H,25,26)/t16-,17+,18+,19-,20+,21-/m0/s1. The predicted molar refractivity (Wildman–Crippen MR) is 112 cm³/mol. The second kappa shape index (κ2) is 6.87. The molecule has 2 bridgehead atoms. The summed E-state index contributed by atoms with van der Waals surface area (Å²) < 4.78 is 11.4. The maximum absolute atomic E-state index is 13.0. The highest BCUT2D eigenvalue weighted by Crippen LogP contribution is 2.60. The first-order chi connectivity index (χ1) is 13.9. The molecule has 6 heteroatoms. The molecule has 3 fully saturated rings. The number of esters is 1. The summed E-state index contributed by atoms with van der Waals surface area (Å²) in [4.78, 5) is 25.3. The van der Waals surface area contributed by atoms with Crippen LogP contribution in [0.2, 0.25) is 0 Å². The smallest absolute Gasteiger partial charge is 0.310 e. The molecule has 1 aliphatic heterocycles. The van der Waals surface area contributed by atoms with Crippen LogP contribution in [0.25, 0.3) is 0 Å². The topological polar surface area (TPSA) is 64.6 Å². The molecule has 2 saturated carbocycles. The van der Waals surface area contributed by atoms with Gasteiger partial charge in [-0.05, 0) is 73.7 Å². The Morgan fingerprint density at radius 2 is 1.76 bits per heavy atom. The number of aryl methyl sites for hydroxylation is 2. The zero-order valence-electron chi connectivity index (χ0n) is 16.2. The van der Waals surface area contributed by atoms with E-state index in [1.165, 1.54) is 0 Å². The third-order valence-corrected chi connectivity index (χ3v) is 7.58. The number of rotatable bonds is 4. The summed E-state index contributed by atoms with van der Waals surface area (Å²) in [5, 5.41) is 2.98. The number of halogens is 1. The molecule has 29 heavy (non-hydrogen) atoms. The first-order valence-electron chi connectivity index (χ1n) is 9.92. The van der Waals surface area contributed by atoms with E-state index in [1.807, 2.05) is 50.2 Å². The molecule has 0 unspecified atom stereocenters. The van der Waals surface area contributed by atoms with Gasteiger partial charge in [-0.2, -0.15) is 0 Å². The molecular weight excluding hydrogens is 434 g/mol. The first-order valence-corrected chi connectivity index (χ1v) is 10.8. The molecule has 0 aromatic heterocycles. The Labute approximate surface area is 177 Å². The molecule has 0 radical (unpaired) electrons. The van der Waals surface area contributed by atoms with Crippen molar-refractivity contribution in [3.8, 4) is 11.5 Å². The number of carbonyl (C=O) groups excluding carboxylic acids is 2.